The number of hydrogen-bond donors (Lipinski definition) is 0. The number of methoxy groups -OCH3 is 1. The Balaban J connectivity index is 2.41. The van der Waals surface area contributed by atoms with Gasteiger partial charge in [0.2, 0.25) is 0 Å². The van der Waals surface area contributed by atoms with E-state index in [0.29, 0.717) is 5.92 Å². The summed E-state index contributed by atoms with van der Waals surface area (Å²) in [5, 5.41) is 0. The van der Waals surface area contributed by atoms with E-state index in [1.807, 2.05) is 6.07 Å². The number of hydrogen-bond acceptors (Lipinski definition) is 1. The molecule has 1 nitrogen and oxygen atoms in total. The summed E-state index contributed by atoms with van der Waals surface area (Å²) in [6.07, 6.45) is 1.11. The fraction of sp³-hybridized carbons (Fsp3) is 0.455. The maximum Gasteiger partial charge on any atom is 0.0491 e. The van der Waals surface area contributed by atoms with E-state index >= 15 is 0 Å². The molecule has 0 amide bonds. The third kappa shape index (κ3) is 3.05. The van der Waals surface area contributed by atoms with Crippen molar-refractivity contribution in [3.05, 3.63) is 35.9 Å². The molecular formula is C11H16O. The van der Waals surface area contributed by atoms with E-state index in [2.05, 4.69) is 31.2 Å². The Bertz CT molecular complexity index is 206. The number of rotatable bonds is 4. The van der Waals surface area contributed by atoms with Gasteiger partial charge in [-0.2, -0.15) is 0 Å². The van der Waals surface area contributed by atoms with Crippen LogP contribution in [0.4, 0.5) is 0 Å². The van der Waals surface area contributed by atoms with Gasteiger partial charge < -0.3 is 4.74 Å². The van der Waals surface area contributed by atoms with Crippen LogP contribution in [0.1, 0.15) is 12.5 Å². The average molecular weight is 164 g/mol. The molecule has 0 fully saturated rings. The van der Waals surface area contributed by atoms with Crippen molar-refractivity contribution in [2.75, 3.05) is 13.7 Å². The van der Waals surface area contributed by atoms with Crippen molar-refractivity contribution in [2.45, 2.75) is 13.3 Å². The molecule has 0 bridgehead atoms. The van der Waals surface area contributed by atoms with E-state index in [1.54, 1.807) is 7.11 Å². The maximum absolute atomic E-state index is 5.08. The van der Waals surface area contributed by atoms with Gasteiger partial charge in [0, 0.05) is 13.7 Å². The van der Waals surface area contributed by atoms with Crippen LogP contribution in [0.5, 0.6) is 0 Å². The molecule has 1 aromatic carbocycles. The van der Waals surface area contributed by atoms with Gasteiger partial charge in [0.25, 0.3) is 0 Å². The second-order valence-electron chi connectivity index (χ2n) is 3.25. The maximum atomic E-state index is 5.08. The lowest BCUT2D eigenvalue weighted by Crippen LogP contribution is -2.06. The Kier molecular flexibility index (Phi) is 3.81. The summed E-state index contributed by atoms with van der Waals surface area (Å²) in [6, 6.07) is 10.5. The quantitative estimate of drug-likeness (QED) is 0.664. The molecule has 0 saturated heterocycles. The number of benzene rings is 1. The van der Waals surface area contributed by atoms with Gasteiger partial charge in [-0.1, -0.05) is 37.3 Å². The molecule has 1 heteroatoms. The lowest BCUT2D eigenvalue weighted by molar-refractivity contribution is 0.159. The molecule has 0 spiro atoms. The molecule has 1 aromatic rings. The molecule has 1 atom stereocenters. The van der Waals surface area contributed by atoms with Gasteiger partial charge in [-0.25, -0.2) is 0 Å². The van der Waals surface area contributed by atoms with Crippen molar-refractivity contribution in [1.29, 1.82) is 0 Å². The van der Waals surface area contributed by atoms with Crippen molar-refractivity contribution in [3.8, 4) is 0 Å². The molecule has 0 heterocycles. The van der Waals surface area contributed by atoms with Gasteiger partial charge in [0.1, 0.15) is 0 Å². The predicted molar refractivity (Wildman–Crippen MR) is 51.2 cm³/mol. The highest BCUT2D eigenvalue weighted by atomic mass is 16.5. The van der Waals surface area contributed by atoms with Gasteiger partial charge >= 0.3 is 0 Å². The molecule has 1 rings (SSSR count). The first-order valence-electron chi connectivity index (χ1n) is 4.36. The van der Waals surface area contributed by atoms with Crippen molar-refractivity contribution in [3.63, 3.8) is 0 Å². The molecule has 0 radical (unpaired) electrons. The van der Waals surface area contributed by atoms with E-state index in [-0.39, 0.29) is 0 Å². The van der Waals surface area contributed by atoms with Gasteiger partial charge in [-0.15, -0.1) is 0 Å². The molecule has 66 valence electrons. The predicted octanol–water partition coefficient (Wildman–Crippen LogP) is 2.51. The van der Waals surface area contributed by atoms with Crippen LogP contribution in [-0.2, 0) is 11.2 Å². The van der Waals surface area contributed by atoms with Crippen LogP contribution in [-0.4, -0.2) is 13.7 Å². The summed E-state index contributed by atoms with van der Waals surface area (Å²) in [7, 11) is 1.75. The Morgan fingerprint density at radius 1 is 1.25 bits per heavy atom. The summed E-state index contributed by atoms with van der Waals surface area (Å²) in [4.78, 5) is 0. The Labute approximate surface area is 74.4 Å². The summed E-state index contributed by atoms with van der Waals surface area (Å²) in [5.74, 6) is 0.609. The Morgan fingerprint density at radius 3 is 2.50 bits per heavy atom. The van der Waals surface area contributed by atoms with E-state index in [1.165, 1.54) is 5.56 Å². The van der Waals surface area contributed by atoms with E-state index in [0.717, 1.165) is 13.0 Å². The highest BCUT2D eigenvalue weighted by molar-refractivity contribution is 5.14. The molecule has 0 saturated carbocycles. The monoisotopic (exact) mass is 164 g/mol. The van der Waals surface area contributed by atoms with Crippen LogP contribution in [0.15, 0.2) is 30.3 Å². The van der Waals surface area contributed by atoms with Crippen LogP contribution in [0, 0.1) is 5.92 Å². The molecule has 0 aliphatic carbocycles. The first-order valence-corrected chi connectivity index (χ1v) is 4.36. The van der Waals surface area contributed by atoms with Crippen molar-refractivity contribution in [1.82, 2.24) is 0 Å². The van der Waals surface area contributed by atoms with Gasteiger partial charge in [-0.05, 0) is 17.9 Å². The standard InChI is InChI=1S/C11H16O/c1-10(9-12-2)8-11-6-4-3-5-7-11/h3-7,10H,8-9H2,1-2H3. The molecule has 12 heavy (non-hydrogen) atoms. The van der Waals surface area contributed by atoms with E-state index in [4.69, 9.17) is 4.74 Å². The minimum absolute atomic E-state index is 0.609. The third-order valence-corrected chi connectivity index (χ3v) is 1.88. The zero-order valence-electron chi connectivity index (χ0n) is 7.79. The van der Waals surface area contributed by atoms with Crippen molar-refractivity contribution >= 4 is 0 Å². The van der Waals surface area contributed by atoms with Gasteiger partial charge in [-0.3, -0.25) is 0 Å². The first-order chi connectivity index (χ1) is 5.83. The van der Waals surface area contributed by atoms with Gasteiger partial charge in [0.05, 0.1) is 0 Å². The zero-order chi connectivity index (χ0) is 8.81. The second kappa shape index (κ2) is 4.94. The summed E-state index contributed by atoms with van der Waals surface area (Å²) in [5.41, 5.74) is 1.39. The molecule has 0 aliphatic rings. The summed E-state index contributed by atoms with van der Waals surface area (Å²) < 4.78 is 5.08. The molecular weight excluding hydrogens is 148 g/mol. The topological polar surface area (TPSA) is 9.23 Å². The highest BCUT2D eigenvalue weighted by Gasteiger charge is 2.01. The van der Waals surface area contributed by atoms with Crippen molar-refractivity contribution < 1.29 is 4.74 Å². The Morgan fingerprint density at radius 2 is 1.92 bits per heavy atom. The normalized spacial score (nSPS) is 12.8. The molecule has 0 N–H and O–H groups in total. The summed E-state index contributed by atoms with van der Waals surface area (Å²) >= 11 is 0. The Hall–Kier alpha value is -0.820. The lowest BCUT2D eigenvalue weighted by Gasteiger charge is -2.09. The zero-order valence-corrected chi connectivity index (χ0v) is 7.79. The fourth-order valence-electron chi connectivity index (χ4n) is 1.36. The molecule has 1 unspecified atom stereocenters. The van der Waals surface area contributed by atoms with Crippen LogP contribution >= 0.6 is 0 Å². The first kappa shape index (κ1) is 9.27. The van der Waals surface area contributed by atoms with Crippen LogP contribution < -0.4 is 0 Å². The average Bonchev–Trinajstić information content (AvgIpc) is 2.06. The fourth-order valence-corrected chi connectivity index (χ4v) is 1.36. The minimum Gasteiger partial charge on any atom is -0.384 e. The van der Waals surface area contributed by atoms with Crippen LogP contribution in [0.2, 0.25) is 0 Å². The molecule has 0 aliphatic heterocycles. The minimum atomic E-state index is 0.609. The highest BCUT2D eigenvalue weighted by Crippen LogP contribution is 2.07. The van der Waals surface area contributed by atoms with Gasteiger partial charge in [0.15, 0.2) is 0 Å². The summed E-state index contributed by atoms with van der Waals surface area (Å²) in [6.45, 7) is 3.05. The van der Waals surface area contributed by atoms with Crippen LogP contribution in [0.3, 0.4) is 0 Å². The van der Waals surface area contributed by atoms with Crippen molar-refractivity contribution in [2.24, 2.45) is 5.92 Å². The number of ether oxygens (including phenoxy) is 1. The second-order valence-corrected chi connectivity index (χ2v) is 3.25. The SMILES string of the molecule is COCC(C)Cc1ccccc1. The third-order valence-electron chi connectivity index (χ3n) is 1.88. The van der Waals surface area contributed by atoms with E-state index in [9.17, 15) is 0 Å². The van der Waals surface area contributed by atoms with E-state index < -0.39 is 0 Å². The largest absolute Gasteiger partial charge is 0.384 e. The van der Waals surface area contributed by atoms with Crippen LogP contribution in [0.25, 0.3) is 0 Å². The molecule has 0 aromatic heterocycles. The lowest BCUT2D eigenvalue weighted by atomic mass is 10.0. The smallest absolute Gasteiger partial charge is 0.0491 e.